The molecule has 1 spiro atoms. The van der Waals surface area contributed by atoms with Gasteiger partial charge in [0.25, 0.3) is 11.8 Å². The number of anilines is 1. The van der Waals surface area contributed by atoms with Crippen molar-refractivity contribution in [3.8, 4) is 0 Å². The van der Waals surface area contributed by atoms with Gasteiger partial charge in [-0.1, -0.05) is 6.07 Å². The number of carbonyl (C=O) groups is 4. The number of carboxylic acids is 1. The van der Waals surface area contributed by atoms with Crippen molar-refractivity contribution in [3.63, 3.8) is 0 Å². The highest BCUT2D eigenvalue weighted by Gasteiger charge is 2.48. The minimum absolute atomic E-state index is 0.203. The van der Waals surface area contributed by atoms with Gasteiger partial charge >= 0.3 is 5.97 Å². The molecule has 9 heteroatoms. The van der Waals surface area contributed by atoms with Crippen LogP contribution in [0.1, 0.15) is 52.8 Å². The molecule has 3 amide bonds. The van der Waals surface area contributed by atoms with Crippen molar-refractivity contribution in [2.45, 2.75) is 38.1 Å². The Morgan fingerprint density at radius 2 is 2.00 bits per heavy atom. The fourth-order valence-corrected chi connectivity index (χ4v) is 4.94. The van der Waals surface area contributed by atoms with Crippen LogP contribution in [0.15, 0.2) is 18.2 Å². The lowest BCUT2D eigenvalue weighted by atomic mass is 9.58. The van der Waals surface area contributed by atoms with Crippen molar-refractivity contribution in [2.24, 2.45) is 17.1 Å². The molecular weight excluding hydrogens is 388 g/mol. The number of hydrogen-bond acceptors (Lipinski definition) is 6. The molecule has 1 saturated heterocycles. The van der Waals surface area contributed by atoms with E-state index in [2.05, 4.69) is 10.6 Å². The van der Waals surface area contributed by atoms with Crippen LogP contribution in [0.4, 0.5) is 5.69 Å². The van der Waals surface area contributed by atoms with Gasteiger partial charge in [-0.3, -0.25) is 24.1 Å². The Bertz CT molecular complexity index is 903. The SMILES string of the molecule is NC(=O)C(CCC(=O)O)N1C(=O)c2cccc(NCCC3CC4(CNC4)C3)c2C1=O. The third-order valence-electron chi connectivity index (χ3n) is 6.53. The molecule has 30 heavy (non-hydrogen) atoms. The Kier molecular flexibility index (Phi) is 5.23. The Hall–Kier alpha value is -2.94. The number of aliphatic carboxylic acids is 1. The number of amides is 3. The molecule has 1 unspecified atom stereocenters. The molecule has 1 aromatic carbocycles. The standard InChI is InChI=1S/C21H26N4O5/c22-18(28)15(4-5-16(26)27)25-19(29)13-2-1-3-14(17(13)20(25)30)24-7-6-12-8-21(9-12)10-23-11-21/h1-3,12,15,23-24H,4-11H2,(H2,22,28)(H,26,27). The average Bonchev–Trinajstić information content (AvgIpc) is 2.87. The Morgan fingerprint density at radius 3 is 2.60 bits per heavy atom. The number of nitrogens with zero attached hydrogens (tertiary/aromatic N) is 1. The first-order valence-electron chi connectivity index (χ1n) is 10.3. The first-order chi connectivity index (χ1) is 14.3. The van der Waals surface area contributed by atoms with Crippen molar-refractivity contribution < 1.29 is 24.3 Å². The van der Waals surface area contributed by atoms with Gasteiger partial charge in [-0.15, -0.1) is 0 Å². The van der Waals surface area contributed by atoms with Crippen molar-refractivity contribution in [2.75, 3.05) is 25.0 Å². The van der Waals surface area contributed by atoms with Gasteiger partial charge in [-0.2, -0.15) is 0 Å². The zero-order valence-electron chi connectivity index (χ0n) is 16.6. The summed E-state index contributed by atoms with van der Waals surface area (Å²) in [6.45, 7) is 2.90. The zero-order chi connectivity index (χ0) is 21.5. The minimum Gasteiger partial charge on any atom is -0.481 e. The maximum Gasteiger partial charge on any atom is 0.303 e. The monoisotopic (exact) mass is 414 g/mol. The van der Waals surface area contributed by atoms with Gasteiger partial charge < -0.3 is 21.5 Å². The molecule has 5 N–H and O–H groups in total. The molecule has 2 heterocycles. The summed E-state index contributed by atoms with van der Waals surface area (Å²) in [6, 6.07) is 3.67. The predicted octanol–water partition coefficient (Wildman–Crippen LogP) is 0.803. The molecule has 1 aromatic rings. The van der Waals surface area contributed by atoms with Crippen LogP contribution in [0, 0.1) is 11.3 Å². The lowest BCUT2D eigenvalue weighted by molar-refractivity contribution is -0.137. The number of benzene rings is 1. The van der Waals surface area contributed by atoms with Gasteiger partial charge in [0.05, 0.1) is 11.1 Å². The second kappa shape index (κ2) is 7.71. The number of imide groups is 1. The van der Waals surface area contributed by atoms with E-state index in [1.807, 2.05) is 0 Å². The van der Waals surface area contributed by atoms with E-state index in [-0.39, 0.29) is 24.0 Å². The third kappa shape index (κ3) is 3.54. The topological polar surface area (TPSA) is 142 Å². The van der Waals surface area contributed by atoms with E-state index in [4.69, 9.17) is 10.8 Å². The molecule has 1 saturated carbocycles. The summed E-state index contributed by atoms with van der Waals surface area (Å²) >= 11 is 0. The van der Waals surface area contributed by atoms with Crippen LogP contribution < -0.4 is 16.4 Å². The lowest BCUT2D eigenvalue weighted by Gasteiger charge is -2.54. The summed E-state index contributed by atoms with van der Waals surface area (Å²) < 4.78 is 0. The highest BCUT2D eigenvalue weighted by atomic mass is 16.4. The van der Waals surface area contributed by atoms with Crippen LogP contribution in [-0.4, -0.2) is 59.4 Å². The van der Waals surface area contributed by atoms with Gasteiger partial charge in [0.1, 0.15) is 6.04 Å². The summed E-state index contributed by atoms with van der Waals surface area (Å²) in [7, 11) is 0. The summed E-state index contributed by atoms with van der Waals surface area (Å²) in [5.41, 5.74) is 6.86. The highest BCUT2D eigenvalue weighted by molar-refractivity contribution is 6.25. The van der Waals surface area contributed by atoms with Gasteiger partial charge in [0.2, 0.25) is 5.91 Å². The predicted molar refractivity (Wildman–Crippen MR) is 108 cm³/mol. The van der Waals surface area contributed by atoms with Crippen LogP contribution in [-0.2, 0) is 9.59 Å². The first kappa shape index (κ1) is 20.3. The van der Waals surface area contributed by atoms with E-state index in [1.165, 1.54) is 18.9 Å². The van der Waals surface area contributed by atoms with Crippen LogP contribution in [0.25, 0.3) is 0 Å². The molecule has 3 aliphatic rings. The van der Waals surface area contributed by atoms with E-state index in [0.717, 1.165) is 24.4 Å². The summed E-state index contributed by atoms with van der Waals surface area (Å²) in [4.78, 5) is 49.4. The van der Waals surface area contributed by atoms with E-state index in [0.29, 0.717) is 23.6 Å². The highest BCUT2D eigenvalue weighted by Crippen LogP contribution is 2.49. The number of carbonyl (C=O) groups excluding carboxylic acids is 3. The maximum absolute atomic E-state index is 13.0. The normalized spacial score (nSPS) is 20.5. The molecule has 0 bridgehead atoms. The van der Waals surface area contributed by atoms with Crippen LogP contribution in [0.2, 0.25) is 0 Å². The zero-order valence-corrected chi connectivity index (χ0v) is 16.6. The molecule has 4 rings (SSSR count). The molecule has 160 valence electrons. The Balaban J connectivity index is 1.44. The second-order valence-electron chi connectivity index (χ2n) is 8.65. The lowest BCUT2D eigenvalue weighted by Crippen LogP contribution is -2.60. The molecule has 0 radical (unpaired) electrons. The average molecular weight is 414 g/mol. The smallest absolute Gasteiger partial charge is 0.303 e. The maximum atomic E-state index is 13.0. The number of primary amides is 1. The van der Waals surface area contributed by atoms with Gasteiger partial charge in [0.15, 0.2) is 0 Å². The number of carboxylic acid groups (broad SMARTS) is 1. The van der Waals surface area contributed by atoms with Crippen LogP contribution in [0.3, 0.4) is 0 Å². The Morgan fingerprint density at radius 1 is 1.27 bits per heavy atom. The fourth-order valence-electron chi connectivity index (χ4n) is 4.94. The molecular formula is C21H26N4O5. The van der Waals surface area contributed by atoms with E-state index in [1.54, 1.807) is 12.1 Å². The molecule has 2 aliphatic heterocycles. The minimum atomic E-state index is -1.29. The van der Waals surface area contributed by atoms with Crippen molar-refractivity contribution in [1.29, 1.82) is 0 Å². The number of fused-ring (bicyclic) bond motifs is 1. The Labute approximate surface area is 174 Å². The summed E-state index contributed by atoms with van der Waals surface area (Å²) in [6.07, 6.45) is 2.86. The second-order valence-corrected chi connectivity index (χ2v) is 8.65. The quantitative estimate of drug-likeness (QED) is 0.438. The van der Waals surface area contributed by atoms with Crippen molar-refractivity contribution in [1.82, 2.24) is 10.2 Å². The fraction of sp³-hybridized carbons (Fsp3) is 0.524. The molecule has 9 nitrogen and oxygen atoms in total. The van der Waals surface area contributed by atoms with Crippen LogP contribution >= 0.6 is 0 Å². The van der Waals surface area contributed by atoms with Gasteiger partial charge in [0, 0.05) is 31.7 Å². The number of rotatable bonds is 9. The number of hydrogen-bond donors (Lipinski definition) is 4. The van der Waals surface area contributed by atoms with E-state index >= 15 is 0 Å². The summed E-state index contributed by atoms with van der Waals surface area (Å²) in [5, 5.41) is 15.5. The van der Waals surface area contributed by atoms with Crippen molar-refractivity contribution >= 4 is 29.4 Å². The molecule has 0 aromatic heterocycles. The van der Waals surface area contributed by atoms with E-state index in [9.17, 15) is 19.2 Å². The number of nitrogens with one attached hydrogen (secondary N) is 2. The van der Waals surface area contributed by atoms with Gasteiger partial charge in [-0.05, 0) is 49.1 Å². The van der Waals surface area contributed by atoms with Gasteiger partial charge in [-0.25, -0.2) is 0 Å². The molecule has 1 aliphatic carbocycles. The summed E-state index contributed by atoms with van der Waals surface area (Å²) in [5.74, 6) is -2.59. The molecule has 1 atom stereocenters. The number of nitrogens with two attached hydrogens (primary N) is 1. The van der Waals surface area contributed by atoms with E-state index < -0.39 is 29.7 Å². The molecule has 2 fully saturated rings. The van der Waals surface area contributed by atoms with Crippen LogP contribution in [0.5, 0.6) is 0 Å². The van der Waals surface area contributed by atoms with Crippen molar-refractivity contribution in [3.05, 3.63) is 29.3 Å². The third-order valence-corrected chi connectivity index (χ3v) is 6.53. The largest absolute Gasteiger partial charge is 0.481 e. The first-order valence-corrected chi connectivity index (χ1v) is 10.3.